The molecule has 1 aromatic carbocycles. The summed E-state index contributed by atoms with van der Waals surface area (Å²) in [5.74, 6) is -0.392. The van der Waals surface area contributed by atoms with E-state index in [4.69, 9.17) is 0 Å². The lowest BCUT2D eigenvalue weighted by Crippen LogP contribution is -2.20. The molecule has 7 nitrogen and oxygen atoms in total. The Hall–Kier alpha value is -1.64. The van der Waals surface area contributed by atoms with Gasteiger partial charge in [0.2, 0.25) is 0 Å². The zero-order valence-corrected chi connectivity index (χ0v) is 11.6. The number of hydrogen-bond acceptors (Lipinski definition) is 7. The molecule has 8 heteroatoms. The zero-order valence-electron chi connectivity index (χ0n) is 10.7. The van der Waals surface area contributed by atoms with Gasteiger partial charge in [-0.15, -0.1) is 0 Å². The van der Waals surface area contributed by atoms with Crippen LogP contribution in [0.15, 0.2) is 18.2 Å². The van der Waals surface area contributed by atoms with E-state index in [9.17, 15) is 25.1 Å². The van der Waals surface area contributed by atoms with Crippen molar-refractivity contribution in [2.75, 3.05) is 12.9 Å². The van der Waals surface area contributed by atoms with E-state index in [0.717, 1.165) is 13.2 Å². The third-order valence-electron chi connectivity index (χ3n) is 2.76. The van der Waals surface area contributed by atoms with Crippen molar-refractivity contribution in [3.05, 3.63) is 39.4 Å². The first kappa shape index (κ1) is 16.4. The second-order valence-electron chi connectivity index (χ2n) is 4.05. The molecule has 110 valence electrons. The smallest absolute Gasteiger partial charge is 0.338 e. The van der Waals surface area contributed by atoms with Crippen LogP contribution < -0.4 is 0 Å². The van der Waals surface area contributed by atoms with Crippen LogP contribution in [-0.4, -0.2) is 40.1 Å². The minimum absolute atomic E-state index is 0.00108. The highest BCUT2D eigenvalue weighted by atomic mass is 32.1. The fraction of sp³-hybridized carbons (Fsp3) is 0.417. The van der Waals surface area contributed by atoms with Gasteiger partial charge in [0.05, 0.1) is 29.3 Å². The maximum Gasteiger partial charge on any atom is 0.338 e. The second-order valence-corrected chi connectivity index (χ2v) is 4.49. The summed E-state index contributed by atoms with van der Waals surface area (Å²) in [6.07, 6.45) is -2.41. The fourth-order valence-corrected chi connectivity index (χ4v) is 1.96. The molecule has 2 N–H and O–H groups in total. The molecule has 2 unspecified atom stereocenters. The van der Waals surface area contributed by atoms with Crippen LogP contribution in [0.1, 0.15) is 28.4 Å². The number of benzene rings is 1. The van der Waals surface area contributed by atoms with Gasteiger partial charge in [-0.05, 0) is 24.3 Å². The molecule has 0 saturated carbocycles. The molecule has 0 aliphatic heterocycles. The summed E-state index contributed by atoms with van der Waals surface area (Å²) >= 11 is 3.92. The summed E-state index contributed by atoms with van der Waals surface area (Å²) in [6, 6.07) is 3.54. The topological polar surface area (TPSA) is 110 Å². The Morgan fingerprint density at radius 1 is 1.50 bits per heavy atom. The summed E-state index contributed by atoms with van der Waals surface area (Å²) in [4.78, 5) is 21.6. The van der Waals surface area contributed by atoms with Crippen LogP contribution in [0.5, 0.6) is 0 Å². The molecule has 0 bridgehead atoms. The van der Waals surface area contributed by atoms with Gasteiger partial charge < -0.3 is 14.9 Å². The van der Waals surface area contributed by atoms with E-state index in [-0.39, 0.29) is 17.5 Å². The number of thiol groups is 1. The molecule has 20 heavy (non-hydrogen) atoms. The van der Waals surface area contributed by atoms with Crippen molar-refractivity contribution < 1.29 is 24.7 Å². The summed E-state index contributed by atoms with van der Waals surface area (Å²) in [7, 11) is 1.16. The van der Waals surface area contributed by atoms with Gasteiger partial charge in [-0.2, -0.15) is 12.6 Å². The predicted octanol–water partition coefficient (Wildman–Crippen LogP) is 1.10. The average molecular weight is 301 g/mol. The largest absolute Gasteiger partial charge is 0.465 e. The van der Waals surface area contributed by atoms with Crippen LogP contribution in [0.3, 0.4) is 0 Å². The third-order valence-corrected chi connectivity index (χ3v) is 3.01. The minimum Gasteiger partial charge on any atom is -0.465 e. The monoisotopic (exact) mass is 301 g/mol. The normalized spacial score (nSPS) is 13.6. The molecule has 0 aliphatic carbocycles. The second kappa shape index (κ2) is 7.22. The van der Waals surface area contributed by atoms with Gasteiger partial charge in [0.15, 0.2) is 0 Å². The van der Waals surface area contributed by atoms with Crippen molar-refractivity contribution in [1.82, 2.24) is 0 Å². The van der Waals surface area contributed by atoms with E-state index in [1.165, 1.54) is 12.1 Å². The number of aliphatic hydroxyl groups is 2. The Bertz CT molecular complexity index is 507. The number of nitro benzene ring substituents is 1. The number of nitro groups is 1. The van der Waals surface area contributed by atoms with Crippen molar-refractivity contribution in [2.24, 2.45) is 0 Å². The number of aliphatic hydroxyl groups excluding tert-OH is 2. The molecule has 1 aromatic rings. The summed E-state index contributed by atoms with van der Waals surface area (Å²) in [5.41, 5.74) is -0.505. The Morgan fingerprint density at radius 3 is 2.65 bits per heavy atom. The van der Waals surface area contributed by atoms with Crippen LogP contribution in [0.2, 0.25) is 0 Å². The van der Waals surface area contributed by atoms with Crippen molar-refractivity contribution in [3.63, 3.8) is 0 Å². The van der Waals surface area contributed by atoms with Gasteiger partial charge >= 0.3 is 5.97 Å². The number of hydrogen-bond donors (Lipinski definition) is 3. The van der Waals surface area contributed by atoms with Gasteiger partial charge in [-0.25, -0.2) is 4.79 Å². The Morgan fingerprint density at radius 2 is 2.15 bits per heavy atom. The van der Waals surface area contributed by atoms with Gasteiger partial charge in [0.25, 0.3) is 5.69 Å². The first-order valence-corrected chi connectivity index (χ1v) is 6.39. The molecule has 0 fully saturated rings. The lowest BCUT2D eigenvalue weighted by atomic mass is 9.99. The van der Waals surface area contributed by atoms with Crippen molar-refractivity contribution >= 4 is 24.3 Å². The standard InChI is InChI=1S/C12H15NO6S/c1-19-12(16)7-2-3-8(9(6-7)13(17)18)11(15)10(14)4-5-20/h2-3,6,10-11,14-15,20H,4-5H2,1H3. The first-order chi connectivity index (χ1) is 9.42. The summed E-state index contributed by atoms with van der Waals surface area (Å²) in [5, 5.41) is 30.6. The third kappa shape index (κ3) is 3.69. The van der Waals surface area contributed by atoms with Crippen LogP contribution >= 0.6 is 12.6 Å². The molecule has 0 saturated heterocycles. The van der Waals surface area contributed by atoms with E-state index < -0.39 is 28.8 Å². The van der Waals surface area contributed by atoms with E-state index in [2.05, 4.69) is 17.4 Å². The molecule has 0 radical (unpaired) electrons. The highest BCUT2D eigenvalue weighted by Gasteiger charge is 2.27. The number of rotatable bonds is 6. The number of carbonyl (C=O) groups excluding carboxylic acids is 1. The highest BCUT2D eigenvalue weighted by Crippen LogP contribution is 2.29. The van der Waals surface area contributed by atoms with Gasteiger partial charge in [0.1, 0.15) is 6.10 Å². The summed E-state index contributed by atoms with van der Waals surface area (Å²) in [6.45, 7) is 0. The quantitative estimate of drug-likeness (QED) is 0.314. The van der Waals surface area contributed by atoms with Crippen LogP contribution in [-0.2, 0) is 4.74 Å². The van der Waals surface area contributed by atoms with Crippen LogP contribution in [0.25, 0.3) is 0 Å². The number of esters is 1. The van der Waals surface area contributed by atoms with E-state index in [1.807, 2.05) is 0 Å². The average Bonchev–Trinajstić information content (AvgIpc) is 2.45. The molecule has 0 aliphatic rings. The predicted molar refractivity (Wildman–Crippen MR) is 73.9 cm³/mol. The summed E-state index contributed by atoms with van der Waals surface area (Å²) < 4.78 is 4.47. The molecule has 0 aromatic heterocycles. The van der Waals surface area contributed by atoms with Crippen LogP contribution in [0.4, 0.5) is 5.69 Å². The van der Waals surface area contributed by atoms with E-state index >= 15 is 0 Å². The van der Waals surface area contributed by atoms with Crippen molar-refractivity contribution in [2.45, 2.75) is 18.6 Å². The Balaban J connectivity index is 3.20. The number of ether oxygens (including phenoxy) is 1. The van der Waals surface area contributed by atoms with Gasteiger partial charge in [-0.1, -0.05) is 0 Å². The minimum atomic E-state index is -1.42. The SMILES string of the molecule is COC(=O)c1ccc(C(O)C(O)CCS)c([N+](=O)[O-])c1. The lowest BCUT2D eigenvalue weighted by Gasteiger charge is -2.17. The number of carbonyl (C=O) groups is 1. The maximum absolute atomic E-state index is 11.3. The molecular weight excluding hydrogens is 286 g/mol. The van der Waals surface area contributed by atoms with Gasteiger partial charge in [-0.3, -0.25) is 10.1 Å². The van der Waals surface area contributed by atoms with Crippen molar-refractivity contribution in [1.29, 1.82) is 0 Å². The Labute approximate surface area is 120 Å². The number of nitrogens with zero attached hydrogens (tertiary/aromatic N) is 1. The molecule has 1 rings (SSSR count). The first-order valence-electron chi connectivity index (χ1n) is 5.76. The molecule has 0 amide bonds. The van der Waals surface area contributed by atoms with Crippen molar-refractivity contribution in [3.8, 4) is 0 Å². The molecule has 0 spiro atoms. The van der Waals surface area contributed by atoms with Gasteiger partial charge in [0, 0.05) is 6.07 Å². The molecule has 2 atom stereocenters. The van der Waals surface area contributed by atoms with E-state index in [1.54, 1.807) is 0 Å². The van der Waals surface area contributed by atoms with E-state index in [0.29, 0.717) is 5.75 Å². The number of methoxy groups -OCH3 is 1. The molecule has 0 heterocycles. The molecular formula is C12H15NO6S. The van der Waals surface area contributed by atoms with Crippen LogP contribution in [0, 0.1) is 10.1 Å². The zero-order chi connectivity index (χ0) is 15.3. The maximum atomic E-state index is 11.3. The fourth-order valence-electron chi connectivity index (χ4n) is 1.69. The lowest BCUT2D eigenvalue weighted by molar-refractivity contribution is -0.386. The highest BCUT2D eigenvalue weighted by molar-refractivity contribution is 7.80. The Kier molecular flexibility index (Phi) is 5.93.